The summed E-state index contributed by atoms with van der Waals surface area (Å²) in [7, 11) is 0. The van der Waals surface area contributed by atoms with Gasteiger partial charge in [-0.1, -0.05) is 37.1 Å². The van der Waals surface area contributed by atoms with E-state index in [2.05, 4.69) is 18.0 Å². The number of carbonyl (C=O) groups excluding carboxylic acids is 1. The number of hydrogen-bond acceptors (Lipinski definition) is 2. The standard InChI is InChI=1S/C16H17NO/c1-2-3-6-12-9-13(18)10-16(12)11-17-15-8-5-4-7-14(15)16/h4-5,7-9,11H,2-3,6,10H2,1H3. The number of carbonyl (C=O) groups is 1. The van der Waals surface area contributed by atoms with Crippen molar-refractivity contribution in [2.45, 2.75) is 38.0 Å². The molecule has 0 aromatic heterocycles. The second kappa shape index (κ2) is 4.20. The fourth-order valence-corrected chi connectivity index (χ4v) is 3.03. The number of allylic oxidation sites excluding steroid dienone is 2. The van der Waals surface area contributed by atoms with E-state index in [0.717, 1.165) is 24.9 Å². The van der Waals surface area contributed by atoms with Gasteiger partial charge in [0.2, 0.25) is 0 Å². The van der Waals surface area contributed by atoms with Crippen LogP contribution in [0.4, 0.5) is 5.69 Å². The topological polar surface area (TPSA) is 29.4 Å². The molecule has 0 N–H and O–H groups in total. The largest absolute Gasteiger partial charge is 0.295 e. The zero-order chi connectivity index (χ0) is 12.6. The lowest BCUT2D eigenvalue weighted by atomic mass is 9.75. The fourth-order valence-electron chi connectivity index (χ4n) is 3.03. The van der Waals surface area contributed by atoms with Gasteiger partial charge in [-0.2, -0.15) is 0 Å². The lowest BCUT2D eigenvalue weighted by Crippen LogP contribution is -2.26. The van der Waals surface area contributed by atoms with Crippen LogP contribution in [-0.2, 0) is 10.2 Å². The maximum absolute atomic E-state index is 11.8. The number of fused-ring (bicyclic) bond motifs is 2. The van der Waals surface area contributed by atoms with E-state index in [4.69, 9.17) is 0 Å². The molecule has 0 saturated carbocycles. The molecule has 0 amide bonds. The predicted molar refractivity (Wildman–Crippen MR) is 73.5 cm³/mol. The van der Waals surface area contributed by atoms with E-state index in [1.165, 1.54) is 11.1 Å². The van der Waals surface area contributed by atoms with Crippen LogP contribution in [0.1, 0.15) is 38.2 Å². The van der Waals surface area contributed by atoms with Gasteiger partial charge in [0.05, 0.1) is 11.1 Å². The van der Waals surface area contributed by atoms with Crippen LogP contribution in [-0.4, -0.2) is 12.0 Å². The summed E-state index contributed by atoms with van der Waals surface area (Å²) in [5.74, 6) is 0.240. The van der Waals surface area contributed by atoms with Gasteiger partial charge in [-0.25, -0.2) is 0 Å². The van der Waals surface area contributed by atoms with Crippen molar-refractivity contribution in [1.29, 1.82) is 0 Å². The highest BCUT2D eigenvalue weighted by atomic mass is 16.1. The maximum Gasteiger partial charge on any atom is 0.157 e. The first kappa shape index (κ1) is 11.4. The van der Waals surface area contributed by atoms with E-state index < -0.39 is 0 Å². The van der Waals surface area contributed by atoms with Gasteiger partial charge in [0.25, 0.3) is 0 Å². The van der Waals surface area contributed by atoms with Gasteiger partial charge in [0, 0.05) is 12.6 Å². The third-order valence-corrected chi connectivity index (χ3v) is 3.97. The lowest BCUT2D eigenvalue weighted by molar-refractivity contribution is -0.114. The first-order valence-electron chi connectivity index (χ1n) is 6.65. The number of unbranched alkanes of at least 4 members (excludes halogenated alkanes) is 1. The summed E-state index contributed by atoms with van der Waals surface area (Å²) in [6, 6.07) is 8.18. The molecule has 3 rings (SSSR count). The van der Waals surface area contributed by atoms with E-state index in [1.807, 2.05) is 30.5 Å². The number of ketones is 1. The number of para-hydroxylation sites is 1. The fraction of sp³-hybridized carbons (Fsp3) is 0.375. The summed E-state index contributed by atoms with van der Waals surface area (Å²) in [4.78, 5) is 16.4. The van der Waals surface area contributed by atoms with Crippen molar-refractivity contribution >= 4 is 17.7 Å². The Bertz CT molecular complexity index is 556. The molecule has 1 heterocycles. The Kier molecular flexibility index (Phi) is 2.66. The molecule has 0 radical (unpaired) electrons. The molecule has 0 saturated heterocycles. The molecule has 1 atom stereocenters. The summed E-state index contributed by atoms with van der Waals surface area (Å²) in [6.45, 7) is 2.18. The minimum atomic E-state index is -0.219. The van der Waals surface area contributed by atoms with Crippen molar-refractivity contribution < 1.29 is 4.79 Å². The Morgan fingerprint density at radius 1 is 1.33 bits per heavy atom. The van der Waals surface area contributed by atoms with Crippen molar-refractivity contribution in [1.82, 2.24) is 0 Å². The molecule has 2 heteroatoms. The molecule has 0 bridgehead atoms. The van der Waals surface area contributed by atoms with Gasteiger partial charge in [-0.15, -0.1) is 0 Å². The summed E-state index contributed by atoms with van der Waals surface area (Å²) in [5, 5.41) is 0. The molecule has 1 aliphatic carbocycles. The Balaban J connectivity index is 2.04. The van der Waals surface area contributed by atoms with Crippen LogP contribution in [0.25, 0.3) is 0 Å². The molecule has 2 nitrogen and oxygen atoms in total. The van der Waals surface area contributed by atoms with Crippen LogP contribution in [0.15, 0.2) is 40.9 Å². The number of nitrogens with zero attached hydrogens (tertiary/aromatic N) is 1. The Hall–Kier alpha value is -1.70. The van der Waals surface area contributed by atoms with Crippen LogP contribution in [0, 0.1) is 0 Å². The summed E-state index contributed by atoms with van der Waals surface area (Å²) >= 11 is 0. The number of aliphatic imine (C=N–C) groups is 1. The minimum absolute atomic E-state index is 0.219. The number of rotatable bonds is 3. The SMILES string of the molecule is CCCCC1=CC(=O)CC12C=Nc1ccccc12. The summed E-state index contributed by atoms with van der Waals surface area (Å²) in [6.07, 6.45) is 7.69. The van der Waals surface area contributed by atoms with Crippen LogP contribution < -0.4 is 0 Å². The van der Waals surface area contributed by atoms with Gasteiger partial charge in [-0.3, -0.25) is 9.79 Å². The Labute approximate surface area is 107 Å². The molecule has 0 fully saturated rings. The molecule has 1 aromatic carbocycles. The second-order valence-corrected chi connectivity index (χ2v) is 5.16. The normalized spacial score (nSPS) is 24.7. The van der Waals surface area contributed by atoms with Crippen molar-refractivity contribution in [2.24, 2.45) is 4.99 Å². The molecule has 92 valence electrons. The molecular weight excluding hydrogens is 222 g/mol. The molecule has 1 aliphatic heterocycles. The lowest BCUT2D eigenvalue weighted by Gasteiger charge is -2.25. The predicted octanol–water partition coefficient (Wildman–Crippen LogP) is 3.73. The smallest absolute Gasteiger partial charge is 0.157 e. The van der Waals surface area contributed by atoms with Gasteiger partial charge < -0.3 is 0 Å². The third-order valence-electron chi connectivity index (χ3n) is 3.97. The van der Waals surface area contributed by atoms with Crippen LogP contribution in [0.3, 0.4) is 0 Å². The molecule has 2 aliphatic rings. The number of benzene rings is 1. The highest BCUT2D eigenvalue weighted by Gasteiger charge is 2.44. The van der Waals surface area contributed by atoms with E-state index in [0.29, 0.717) is 6.42 Å². The average Bonchev–Trinajstić information content (AvgIpc) is 2.90. The van der Waals surface area contributed by atoms with Gasteiger partial charge in [-0.05, 0) is 30.5 Å². The highest BCUT2D eigenvalue weighted by molar-refractivity contribution is 6.04. The van der Waals surface area contributed by atoms with E-state index >= 15 is 0 Å². The summed E-state index contributed by atoms with van der Waals surface area (Å²) < 4.78 is 0. The zero-order valence-electron chi connectivity index (χ0n) is 10.6. The van der Waals surface area contributed by atoms with Crippen molar-refractivity contribution in [3.63, 3.8) is 0 Å². The van der Waals surface area contributed by atoms with E-state index in [9.17, 15) is 4.79 Å². The maximum atomic E-state index is 11.8. The van der Waals surface area contributed by atoms with Gasteiger partial charge >= 0.3 is 0 Å². The first-order chi connectivity index (χ1) is 8.76. The molecule has 1 spiro atoms. The van der Waals surface area contributed by atoms with Gasteiger partial charge in [0.1, 0.15) is 0 Å². The van der Waals surface area contributed by atoms with Crippen molar-refractivity contribution in [2.75, 3.05) is 0 Å². The van der Waals surface area contributed by atoms with Gasteiger partial charge in [0.15, 0.2) is 5.78 Å². The monoisotopic (exact) mass is 239 g/mol. The Morgan fingerprint density at radius 3 is 3.00 bits per heavy atom. The third kappa shape index (κ3) is 1.56. The molecule has 18 heavy (non-hydrogen) atoms. The average molecular weight is 239 g/mol. The summed E-state index contributed by atoms with van der Waals surface area (Å²) in [5.41, 5.74) is 3.26. The molecule has 1 aromatic rings. The minimum Gasteiger partial charge on any atom is -0.295 e. The quantitative estimate of drug-likeness (QED) is 0.790. The van der Waals surface area contributed by atoms with Crippen LogP contribution in [0.2, 0.25) is 0 Å². The van der Waals surface area contributed by atoms with E-state index in [-0.39, 0.29) is 11.2 Å². The van der Waals surface area contributed by atoms with E-state index in [1.54, 1.807) is 0 Å². The Morgan fingerprint density at radius 2 is 2.17 bits per heavy atom. The second-order valence-electron chi connectivity index (χ2n) is 5.16. The molecular formula is C16H17NO. The highest BCUT2D eigenvalue weighted by Crippen LogP contribution is 2.48. The van der Waals surface area contributed by atoms with Crippen LogP contribution in [0.5, 0.6) is 0 Å². The molecule has 1 unspecified atom stereocenters. The van der Waals surface area contributed by atoms with Crippen molar-refractivity contribution in [3.8, 4) is 0 Å². The first-order valence-corrected chi connectivity index (χ1v) is 6.65. The number of hydrogen-bond donors (Lipinski definition) is 0. The van der Waals surface area contributed by atoms with Crippen LogP contribution >= 0.6 is 0 Å². The van der Waals surface area contributed by atoms with Crippen molar-refractivity contribution in [3.05, 3.63) is 41.5 Å². The zero-order valence-corrected chi connectivity index (χ0v) is 10.6.